The molecule has 0 aliphatic carbocycles. The second-order valence-corrected chi connectivity index (χ2v) is 4.09. The standard InChI is InChI=1S/C12H10ClF2N3/c1-7-16-10(12(14)15)6-11(17-7)18-9-4-2-8(13)3-5-9/h2-6,12H,1H3,(H,16,17,18). The van der Waals surface area contributed by atoms with Crippen LogP contribution in [-0.2, 0) is 0 Å². The van der Waals surface area contributed by atoms with E-state index >= 15 is 0 Å². The van der Waals surface area contributed by atoms with Crippen molar-refractivity contribution in [3.05, 3.63) is 46.9 Å². The third-order valence-electron chi connectivity index (χ3n) is 2.20. The van der Waals surface area contributed by atoms with Crippen molar-refractivity contribution in [3.8, 4) is 0 Å². The maximum Gasteiger partial charge on any atom is 0.280 e. The van der Waals surface area contributed by atoms with Crippen LogP contribution in [0.2, 0.25) is 5.02 Å². The predicted molar refractivity (Wildman–Crippen MR) is 66.5 cm³/mol. The second-order valence-electron chi connectivity index (χ2n) is 3.66. The number of alkyl halides is 2. The molecule has 0 amide bonds. The van der Waals surface area contributed by atoms with Gasteiger partial charge < -0.3 is 5.32 Å². The Morgan fingerprint density at radius 3 is 2.44 bits per heavy atom. The van der Waals surface area contributed by atoms with Crippen molar-refractivity contribution < 1.29 is 8.78 Å². The van der Waals surface area contributed by atoms with E-state index in [-0.39, 0.29) is 5.69 Å². The fraction of sp³-hybridized carbons (Fsp3) is 0.167. The molecule has 1 aromatic carbocycles. The van der Waals surface area contributed by atoms with Crippen LogP contribution < -0.4 is 5.32 Å². The molecule has 0 fully saturated rings. The molecule has 0 spiro atoms. The van der Waals surface area contributed by atoms with Crippen molar-refractivity contribution in [2.45, 2.75) is 13.3 Å². The minimum absolute atomic E-state index is 0.293. The minimum atomic E-state index is -2.61. The van der Waals surface area contributed by atoms with E-state index in [9.17, 15) is 8.78 Å². The summed E-state index contributed by atoms with van der Waals surface area (Å²) in [5.41, 5.74) is 0.427. The third kappa shape index (κ3) is 3.13. The second kappa shape index (κ2) is 5.27. The minimum Gasteiger partial charge on any atom is -0.340 e. The maximum absolute atomic E-state index is 12.6. The van der Waals surface area contributed by atoms with Crippen molar-refractivity contribution in [2.75, 3.05) is 5.32 Å². The normalized spacial score (nSPS) is 10.7. The molecule has 94 valence electrons. The molecule has 1 aromatic heterocycles. The Morgan fingerprint density at radius 2 is 1.83 bits per heavy atom. The summed E-state index contributed by atoms with van der Waals surface area (Å²) >= 11 is 5.75. The topological polar surface area (TPSA) is 37.8 Å². The van der Waals surface area contributed by atoms with Gasteiger partial charge in [0.25, 0.3) is 6.43 Å². The lowest BCUT2D eigenvalue weighted by Crippen LogP contribution is -2.01. The van der Waals surface area contributed by atoms with Gasteiger partial charge in [-0.05, 0) is 31.2 Å². The van der Waals surface area contributed by atoms with E-state index in [0.29, 0.717) is 16.7 Å². The average molecular weight is 270 g/mol. The number of nitrogens with one attached hydrogen (secondary N) is 1. The zero-order valence-electron chi connectivity index (χ0n) is 9.49. The van der Waals surface area contributed by atoms with Crippen LogP contribution in [0.1, 0.15) is 17.9 Å². The first-order valence-corrected chi connectivity index (χ1v) is 5.59. The predicted octanol–water partition coefficient (Wildman–Crippen LogP) is 4.12. The Bertz CT molecular complexity index is 544. The molecule has 6 heteroatoms. The molecule has 0 atom stereocenters. The maximum atomic E-state index is 12.6. The van der Waals surface area contributed by atoms with E-state index in [1.807, 2.05) is 0 Å². The summed E-state index contributed by atoms with van der Waals surface area (Å²) < 4.78 is 25.2. The molecule has 0 saturated carbocycles. The van der Waals surface area contributed by atoms with E-state index in [0.717, 1.165) is 5.69 Å². The lowest BCUT2D eigenvalue weighted by atomic mass is 10.3. The van der Waals surface area contributed by atoms with E-state index in [4.69, 9.17) is 11.6 Å². The molecule has 0 radical (unpaired) electrons. The van der Waals surface area contributed by atoms with Crippen molar-refractivity contribution in [1.29, 1.82) is 0 Å². The number of anilines is 2. The number of halogens is 3. The van der Waals surface area contributed by atoms with Crippen molar-refractivity contribution in [1.82, 2.24) is 9.97 Å². The molecule has 1 heterocycles. The molecule has 2 aromatic rings. The molecule has 0 aliphatic heterocycles. The van der Waals surface area contributed by atoms with Gasteiger partial charge in [-0.25, -0.2) is 18.7 Å². The average Bonchev–Trinajstić information content (AvgIpc) is 2.31. The Balaban J connectivity index is 2.26. The third-order valence-corrected chi connectivity index (χ3v) is 2.45. The summed E-state index contributed by atoms with van der Waals surface area (Å²) in [4.78, 5) is 7.71. The molecule has 3 nitrogen and oxygen atoms in total. The lowest BCUT2D eigenvalue weighted by Gasteiger charge is -2.08. The number of benzene rings is 1. The monoisotopic (exact) mass is 269 g/mol. The number of nitrogens with zero attached hydrogens (tertiary/aromatic N) is 2. The largest absolute Gasteiger partial charge is 0.340 e. The van der Waals surface area contributed by atoms with Crippen molar-refractivity contribution in [2.24, 2.45) is 0 Å². The zero-order valence-corrected chi connectivity index (χ0v) is 10.2. The first kappa shape index (κ1) is 12.7. The van der Waals surface area contributed by atoms with Gasteiger partial charge in [0.1, 0.15) is 17.3 Å². The van der Waals surface area contributed by atoms with Gasteiger partial charge in [0.15, 0.2) is 0 Å². The van der Waals surface area contributed by atoms with Gasteiger partial charge >= 0.3 is 0 Å². The van der Waals surface area contributed by atoms with Gasteiger partial charge in [-0.2, -0.15) is 0 Å². The number of rotatable bonds is 3. The van der Waals surface area contributed by atoms with Crippen LogP contribution in [0.25, 0.3) is 0 Å². The van der Waals surface area contributed by atoms with Crippen LogP contribution in [0, 0.1) is 6.92 Å². The van der Waals surface area contributed by atoms with E-state index in [1.54, 1.807) is 31.2 Å². The highest BCUT2D eigenvalue weighted by Gasteiger charge is 2.11. The van der Waals surface area contributed by atoms with Crippen LogP contribution in [0.15, 0.2) is 30.3 Å². The summed E-state index contributed by atoms with van der Waals surface area (Å²) in [6.07, 6.45) is -2.61. The highest BCUT2D eigenvalue weighted by molar-refractivity contribution is 6.30. The molecule has 18 heavy (non-hydrogen) atoms. The summed E-state index contributed by atoms with van der Waals surface area (Å²) in [6, 6.07) is 8.10. The van der Waals surface area contributed by atoms with E-state index < -0.39 is 6.43 Å². The van der Waals surface area contributed by atoms with Crippen LogP contribution >= 0.6 is 11.6 Å². The van der Waals surface area contributed by atoms with Gasteiger partial charge in [-0.15, -0.1) is 0 Å². The Kier molecular flexibility index (Phi) is 3.72. The summed E-state index contributed by atoms with van der Waals surface area (Å²) in [5.74, 6) is 0.629. The molecular formula is C12H10ClF2N3. The number of aromatic nitrogens is 2. The van der Waals surface area contributed by atoms with Gasteiger partial charge in [0, 0.05) is 16.8 Å². The number of hydrogen-bond acceptors (Lipinski definition) is 3. The van der Waals surface area contributed by atoms with Crippen LogP contribution in [-0.4, -0.2) is 9.97 Å². The van der Waals surface area contributed by atoms with E-state index in [1.165, 1.54) is 6.07 Å². The fourth-order valence-electron chi connectivity index (χ4n) is 1.45. The number of aryl methyl sites for hydroxylation is 1. The molecule has 0 aliphatic rings. The van der Waals surface area contributed by atoms with E-state index in [2.05, 4.69) is 15.3 Å². The van der Waals surface area contributed by atoms with Crippen LogP contribution in [0.3, 0.4) is 0 Å². The number of hydrogen-bond donors (Lipinski definition) is 1. The Hall–Kier alpha value is -1.75. The lowest BCUT2D eigenvalue weighted by molar-refractivity contribution is 0.145. The summed E-state index contributed by atoms with van der Waals surface area (Å²) in [7, 11) is 0. The molecule has 0 unspecified atom stereocenters. The zero-order chi connectivity index (χ0) is 13.1. The Labute approximate surface area is 108 Å². The highest BCUT2D eigenvalue weighted by atomic mass is 35.5. The Morgan fingerprint density at radius 1 is 1.17 bits per heavy atom. The van der Waals surface area contributed by atoms with Crippen molar-refractivity contribution >= 4 is 23.1 Å². The van der Waals surface area contributed by atoms with Gasteiger partial charge in [0.2, 0.25) is 0 Å². The van der Waals surface area contributed by atoms with Crippen LogP contribution in [0.5, 0.6) is 0 Å². The van der Waals surface area contributed by atoms with Gasteiger partial charge in [-0.1, -0.05) is 11.6 Å². The first-order chi connectivity index (χ1) is 8.54. The fourth-order valence-corrected chi connectivity index (χ4v) is 1.57. The van der Waals surface area contributed by atoms with Crippen molar-refractivity contribution in [3.63, 3.8) is 0 Å². The highest BCUT2D eigenvalue weighted by Crippen LogP contribution is 2.22. The van der Waals surface area contributed by atoms with Gasteiger partial charge in [0.05, 0.1) is 0 Å². The quantitative estimate of drug-likeness (QED) is 0.911. The SMILES string of the molecule is Cc1nc(Nc2ccc(Cl)cc2)cc(C(F)F)n1. The summed E-state index contributed by atoms with van der Waals surface area (Å²) in [5, 5.41) is 3.53. The smallest absolute Gasteiger partial charge is 0.280 e. The van der Waals surface area contributed by atoms with Crippen LogP contribution in [0.4, 0.5) is 20.3 Å². The molecule has 0 bridgehead atoms. The summed E-state index contributed by atoms with van der Waals surface area (Å²) in [6.45, 7) is 1.57. The first-order valence-electron chi connectivity index (χ1n) is 5.21. The van der Waals surface area contributed by atoms with Gasteiger partial charge in [-0.3, -0.25) is 0 Å². The molecule has 2 rings (SSSR count). The molecule has 1 N–H and O–H groups in total. The molecule has 0 saturated heterocycles. The molecular weight excluding hydrogens is 260 g/mol.